The Balaban J connectivity index is 6.22. The van der Waals surface area contributed by atoms with Crippen LogP contribution in [0.3, 0.4) is 0 Å². The maximum Gasteiger partial charge on any atom is 0.460 e. The lowest BCUT2D eigenvalue weighted by Crippen LogP contribution is -2.71. The lowest BCUT2D eigenvalue weighted by Gasteiger charge is -2.42. The standard InChI is InChI=1S/C14H18F13NO4/c1-3-8(31,4-6(28)7(29)30)32-5(2)9(15,16)10(17,18)11(19,20)12(21,22)13(23,24)14(25,26)27/h5-7,29-31H,3-4,28H2,1-2H3. The fourth-order valence-corrected chi connectivity index (χ4v) is 2.19. The van der Waals surface area contributed by atoms with Crippen molar-refractivity contribution in [2.45, 2.75) is 86.7 Å². The third-order valence-corrected chi connectivity index (χ3v) is 4.35. The van der Waals surface area contributed by atoms with Gasteiger partial charge in [0.25, 0.3) is 0 Å². The molecule has 0 aromatic rings. The van der Waals surface area contributed by atoms with Gasteiger partial charge in [0.05, 0.1) is 6.04 Å². The van der Waals surface area contributed by atoms with Crippen LogP contribution in [0.2, 0.25) is 0 Å². The molecule has 0 amide bonds. The number of halogens is 13. The van der Waals surface area contributed by atoms with Crippen molar-refractivity contribution < 1.29 is 77.1 Å². The molecule has 0 aliphatic heterocycles. The predicted octanol–water partition coefficient (Wildman–Crippen LogP) is 3.26. The van der Waals surface area contributed by atoms with Crippen molar-refractivity contribution in [1.82, 2.24) is 0 Å². The molecule has 0 aliphatic carbocycles. The number of aliphatic hydroxyl groups excluding tert-OH is 1. The molecule has 0 aromatic heterocycles. The lowest BCUT2D eigenvalue weighted by atomic mass is 9.91. The van der Waals surface area contributed by atoms with Crippen molar-refractivity contribution >= 4 is 0 Å². The van der Waals surface area contributed by atoms with Crippen LogP contribution in [-0.4, -0.2) is 75.3 Å². The molecule has 0 radical (unpaired) electrons. The normalized spacial score (nSPS) is 19.1. The summed E-state index contributed by atoms with van der Waals surface area (Å²) in [6, 6.07) is -1.91. The van der Waals surface area contributed by atoms with Crippen LogP contribution in [0.5, 0.6) is 0 Å². The van der Waals surface area contributed by atoms with Crippen LogP contribution in [0.15, 0.2) is 0 Å². The van der Waals surface area contributed by atoms with Crippen LogP contribution in [0.4, 0.5) is 57.1 Å². The highest BCUT2D eigenvalue weighted by Gasteiger charge is 2.91. The Kier molecular flexibility index (Phi) is 8.61. The van der Waals surface area contributed by atoms with Gasteiger partial charge in [-0.15, -0.1) is 0 Å². The van der Waals surface area contributed by atoms with Gasteiger partial charge in [0.1, 0.15) is 6.10 Å². The summed E-state index contributed by atoms with van der Waals surface area (Å²) in [5.74, 6) is -41.2. The van der Waals surface area contributed by atoms with Crippen LogP contribution >= 0.6 is 0 Å². The molecule has 3 atom stereocenters. The van der Waals surface area contributed by atoms with Gasteiger partial charge >= 0.3 is 35.8 Å². The van der Waals surface area contributed by atoms with Gasteiger partial charge in [-0.2, -0.15) is 57.1 Å². The van der Waals surface area contributed by atoms with E-state index in [2.05, 4.69) is 4.74 Å². The summed E-state index contributed by atoms with van der Waals surface area (Å²) in [5, 5.41) is 27.5. The molecule has 0 aliphatic rings. The average Bonchev–Trinajstić information content (AvgIpc) is 2.59. The second kappa shape index (κ2) is 8.92. The Bertz CT molecular complexity index is 641. The molecule has 0 spiro atoms. The molecule has 3 unspecified atom stereocenters. The van der Waals surface area contributed by atoms with Crippen LogP contribution in [0.25, 0.3) is 0 Å². The number of alkyl halides is 13. The maximum atomic E-state index is 14.0. The first-order chi connectivity index (χ1) is 13.8. The smallest absolute Gasteiger partial charge is 0.367 e. The van der Waals surface area contributed by atoms with Gasteiger partial charge in [-0.25, -0.2) is 0 Å². The van der Waals surface area contributed by atoms with E-state index in [1.54, 1.807) is 0 Å². The van der Waals surface area contributed by atoms with Crippen molar-refractivity contribution in [3.05, 3.63) is 0 Å². The van der Waals surface area contributed by atoms with Crippen molar-refractivity contribution in [2.75, 3.05) is 0 Å². The zero-order valence-corrected chi connectivity index (χ0v) is 15.9. The highest BCUT2D eigenvalue weighted by atomic mass is 19.4. The summed E-state index contributed by atoms with van der Waals surface area (Å²) in [6.07, 6.45) is -15.8. The van der Waals surface area contributed by atoms with E-state index in [0.717, 1.165) is 6.92 Å². The van der Waals surface area contributed by atoms with E-state index in [1.165, 1.54) is 0 Å². The Morgan fingerprint density at radius 2 is 1.12 bits per heavy atom. The Morgan fingerprint density at radius 3 is 1.44 bits per heavy atom. The zero-order chi connectivity index (χ0) is 26.4. The molecule has 0 fully saturated rings. The molecular weight excluding hydrogens is 493 g/mol. The zero-order valence-electron chi connectivity index (χ0n) is 15.9. The molecular formula is C14H18F13NO4. The molecule has 32 heavy (non-hydrogen) atoms. The minimum atomic E-state index is -8.06. The van der Waals surface area contributed by atoms with Crippen LogP contribution < -0.4 is 5.73 Å². The predicted molar refractivity (Wildman–Crippen MR) is 77.4 cm³/mol. The summed E-state index contributed by atoms with van der Waals surface area (Å²) in [7, 11) is 0. The summed E-state index contributed by atoms with van der Waals surface area (Å²) in [6.45, 7) is 0.678. The Morgan fingerprint density at radius 1 is 0.750 bits per heavy atom. The highest BCUT2D eigenvalue weighted by molar-refractivity contribution is 5.11. The maximum absolute atomic E-state index is 14.0. The average molecular weight is 511 g/mol. The van der Waals surface area contributed by atoms with Crippen molar-refractivity contribution in [3.8, 4) is 0 Å². The minimum Gasteiger partial charge on any atom is -0.367 e. The van der Waals surface area contributed by atoms with E-state index >= 15 is 0 Å². The Labute approximate surface area is 170 Å². The van der Waals surface area contributed by atoms with Crippen molar-refractivity contribution in [2.24, 2.45) is 5.73 Å². The molecule has 0 heterocycles. The highest BCUT2D eigenvalue weighted by Crippen LogP contribution is 2.61. The van der Waals surface area contributed by atoms with Gasteiger partial charge in [0, 0.05) is 6.42 Å². The molecule has 0 saturated carbocycles. The molecule has 18 heteroatoms. The molecule has 0 aromatic carbocycles. The molecule has 194 valence electrons. The molecule has 5 N–H and O–H groups in total. The van der Waals surface area contributed by atoms with Crippen LogP contribution in [0, 0.1) is 0 Å². The van der Waals surface area contributed by atoms with Crippen LogP contribution in [0.1, 0.15) is 26.7 Å². The largest absolute Gasteiger partial charge is 0.460 e. The third kappa shape index (κ3) is 5.02. The fraction of sp³-hybridized carbons (Fsp3) is 1.00. The van der Waals surface area contributed by atoms with Crippen molar-refractivity contribution in [1.29, 1.82) is 0 Å². The van der Waals surface area contributed by atoms with Gasteiger partial charge in [0.15, 0.2) is 12.1 Å². The number of ether oxygens (including phenoxy) is 1. The van der Waals surface area contributed by atoms with E-state index in [0.29, 0.717) is 0 Å². The fourth-order valence-electron chi connectivity index (χ4n) is 2.19. The first kappa shape index (κ1) is 30.9. The topological polar surface area (TPSA) is 95.9 Å². The number of hydrogen-bond donors (Lipinski definition) is 4. The number of nitrogens with two attached hydrogens (primary N) is 1. The van der Waals surface area contributed by atoms with Gasteiger partial charge in [0.2, 0.25) is 0 Å². The second-order valence-corrected chi connectivity index (χ2v) is 6.76. The van der Waals surface area contributed by atoms with Gasteiger partial charge in [-0.1, -0.05) is 6.92 Å². The van der Waals surface area contributed by atoms with Crippen molar-refractivity contribution in [3.63, 3.8) is 0 Å². The SMILES string of the molecule is CCC(O)(CC(N)C(O)O)OC(C)C(F)(F)C(F)(F)C(F)(F)C(F)(F)C(F)(F)C(F)(F)F. The van der Waals surface area contributed by atoms with Gasteiger partial charge in [-0.05, 0) is 13.3 Å². The lowest BCUT2D eigenvalue weighted by molar-refractivity contribution is -0.447. The van der Waals surface area contributed by atoms with E-state index in [-0.39, 0.29) is 6.92 Å². The van der Waals surface area contributed by atoms with E-state index in [1.807, 2.05) is 0 Å². The number of aliphatic hydroxyl groups is 3. The number of rotatable bonds is 11. The minimum absolute atomic E-state index is 0.217. The summed E-state index contributed by atoms with van der Waals surface area (Å²) < 4.78 is 175. The van der Waals surface area contributed by atoms with E-state index in [4.69, 9.17) is 15.9 Å². The molecule has 0 saturated heterocycles. The number of hydrogen-bond acceptors (Lipinski definition) is 5. The van der Waals surface area contributed by atoms with E-state index < -0.39 is 72.9 Å². The van der Waals surface area contributed by atoms with E-state index in [9.17, 15) is 62.2 Å². The molecule has 0 bridgehead atoms. The summed E-state index contributed by atoms with van der Waals surface area (Å²) in [5.41, 5.74) is 5.08. The second-order valence-electron chi connectivity index (χ2n) is 6.76. The van der Waals surface area contributed by atoms with Gasteiger partial charge < -0.3 is 25.8 Å². The van der Waals surface area contributed by atoms with Gasteiger partial charge in [-0.3, -0.25) is 0 Å². The Hall–Kier alpha value is -1.11. The molecule has 0 rings (SSSR count). The monoisotopic (exact) mass is 511 g/mol. The first-order valence-electron chi connectivity index (χ1n) is 8.24. The van der Waals surface area contributed by atoms with Crippen LogP contribution in [-0.2, 0) is 4.74 Å². The first-order valence-corrected chi connectivity index (χ1v) is 8.24. The summed E-state index contributed by atoms with van der Waals surface area (Å²) >= 11 is 0. The quantitative estimate of drug-likeness (QED) is 0.253. The summed E-state index contributed by atoms with van der Waals surface area (Å²) in [4.78, 5) is 0. The molecule has 5 nitrogen and oxygen atoms in total. The third-order valence-electron chi connectivity index (χ3n) is 4.35.